The molecule has 4 nitrogen and oxygen atoms in total. The SMILES string of the molecule is CC(OCc1ccccc1)C(=O)NCc1cc[nH]c1. The number of rotatable bonds is 6. The van der Waals surface area contributed by atoms with Crippen molar-refractivity contribution in [1.82, 2.24) is 10.3 Å². The standard InChI is InChI=1S/C15H18N2O2/c1-12(19-11-13-5-3-2-4-6-13)15(18)17-10-14-7-8-16-9-14/h2-9,12,16H,10-11H2,1H3,(H,17,18). The third-order valence-corrected chi connectivity index (χ3v) is 2.84. The number of amides is 1. The maximum absolute atomic E-state index is 11.8. The number of hydrogen-bond acceptors (Lipinski definition) is 2. The van der Waals surface area contributed by atoms with Gasteiger partial charge in [0.25, 0.3) is 0 Å². The normalized spacial score (nSPS) is 12.1. The summed E-state index contributed by atoms with van der Waals surface area (Å²) in [5.74, 6) is -0.0999. The zero-order chi connectivity index (χ0) is 13.5. The summed E-state index contributed by atoms with van der Waals surface area (Å²) in [5.41, 5.74) is 2.11. The van der Waals surface area contributed by atoms with Crippen molar-refractivity contribution >= 4 is 5.91 Å². The van der Waals surface area contributed by atoms with Gasteiger partial charge in [-0.15, -0.1) is 0 Å². The van der Waals surface area contributed by atoms with Gasteiger partial charge in [-0.05, 0) is 24.1 Å². The minimum Gasteiger partial charge on any atom is -0.367 e. The first kappa shape index (κ1) is 13.4. The van der Waals surface area contributed by atoms with Gasteiger partial charge in [-0.2, -0.15) is 0 Å². The Morgan fingerprint density at radius 1 is 1.26 bits per heavy atom. The summed E-state index contributed by atoms with van der Waals surface area (Å²) in [6.07, 6.45) is 3.23. The van der Waals surface area contributed by atoms with Crippen LogP contribution >= 0.6 is 0 Å². The summed E-state index contributed by atoms with van der Waals surface area (Å²) < 4.78 is 5.54. The van der Waals surface area contributed by atoms with Gasteiger partial charge in [-0.3, -0.25) is 4.79 Å². The summed E-state index contributed by atoms with van der Waals surface area (Å²) in [6, 6.07) is 11.7. The fourth-order valence-corrected chi connectivity index (χ4v) is 1.67. The van der Waals surface area contributed by atoms with E-state index >= 15 is 0 Å². The van der Waals surface area contributed by atoms with E-state index in [1.54, 1.807) is 6.92 Å². The first-order chi connectivity index (χ1) is 9.25. The highest BCUT2D eigenvalue weighted by Crippen LogP contribution is 2.04. The van der Waals surface area contributed by atoms with Crippen molar-refractivity contribution in [2.45, 2.75) is 26.2 Å². The molecule has 0 radical (unpaired) electrons. The van der Waals surface area contributed by atoms with Crippen molar-refractivity contribution < 1.29 is 9.53 Å². The summed E-state index contributed by atoms with van der Waals surface area (Å²) in [7, 11) is 0. The van der Waals surface area contributed by atoms with Gasteiger partial charge in [-0.25, -0.2) is 0 Å². The molecule has 1 atom stereocenters. The minimum absolute atomic E-state index is 0.0999. The number of carbonyl (C=O) groups excluding carboxylic acids is 1. The van der Waals surface area contributed by atoms with Gasteiger partial charge in [0.1, 0.15) is 6.10 Å². The van der Waals surface area contributed by atoms with Crippen LogP contribution in [0, 0.1) is 0 Å². The fourth-order valence-electron chi connectivity index (χ4n) is 1.67. The van der Waals surface area contributed by atoms with Gasteiger partial charge >= 0.3 is 0 Å². The molecule has 0 saturated carbocycles. The Hall–Kier alpha value is -2.07. The van der Waals surface area contributed by atoms with Crippen molar-refractivity contribution in [3.05, 3.63) is 59.9 Å². The lowest BCUT2D eigenvalue weighted by Crippen LogP contribution is -2.33. The summed E-state index contributed by atoms with van der Waals surface area (Å²) in [6.45, 7) is 2.72. The van der Waals surface area contributed by atoms with Crippen LogP contribution in [-0.4, -0.2) is 17.0 Å². The second kappa shape index (κ2) is 6.75. The molecule has 1 heterocycles. The van der Waals surface area contributed by atoms with E-state index in [-0.39, 0.29) is 5.91 Å². The number of aromatic nitrogens is 1. The van der Waals surface area contributed by atoms with Crippen molar-refractivity contribution in [3.63, 3.8) is 0 Å². The molecule has 19 heavy (non-hydrogen) atoms. The fraction of sp³-hybridized carbons (Fsp3) is 0.267. The van der Waals surface area contributed by atoms with Gasteiger partial charge < -0.3 is 15.0 Å². The van der Waals surface area contributed by atoms with E-state index in [9.17, 15) is 4.79 Å². The molecule has 2 rings (SSSR count). The van der Waals surface area contributed by atoms with Crippen LogP contribution in [0.1, 0.15) is 18.1 Å². The zero-order valence-electron chi connectivity index (χ0n) is 10.9. The number of hydrogen-bond donors (Lipinski definition) is 2. The van der Waals surface area contributed by atoms with Crippen LogP contribution in [0.15, 0.2) is 48.8 Å². The second-order valence-electron chi connectivity index (χ2n) is 4.38. The van der Waals surface area contributed by atoms with Crippen LogP contribution in [0.5, 0.6) is 0 Å². The average Bonchev–Trinajstić information content (AvgIpc) is 2.96. The van der Waals surface area contributed by atoms with E-state index < -0.39 is 6.10 Å². The van der Waals surface area contributed by atoms with Crippen molar-refractivity contribution in [2.24, 2.45) is 0 Å². The third kappa shape index (κ3) is 4.26. The maximum atomic E-state index is 11.8. The van der Waals surface area contributed by atoms with Gasteiger partial charge in [0.15, 0.2) is 0 Å². The van der Waals surface area contributed by atoms with E-state index in [0.717, 1.165) is 11.1 Å². The summed E-state index contributed by atoms with van der Waals surface area (Å²) in [4.78, 5) is 14.8. The minimum atomic E-state index is -0.459. The molecule has 1 aromatic heterocycles. The van der Waals surface area contributed by atoms with Gasteiger partial charge in [0.05, 0.1) is 6.61 Å². The maximum Gasteiger partial charge on any atom is 0.249 e. The average molecular weight is 258 g/mol. The van der Waals surface area contributed by atoms with Gasteiger partial charge in [0, 0.05) is 18.9 Å². The monoisotopic (exact) mass is 258 g/mol. The number of ether oxygens (including phenoxy) is 1. The van der Waals surface area contributed by atoms with E-state index in [2.05, 4.69) is 10.3 Å². The van der Waals surface area contributed by atoms with E-state index in [4.69, 9.17) is 4.74 Å². The molecule has 1 amide bonds. The second-order valence-corrected chi connectivity index (χ2v) is 4.38. The van der Waals surface area contributed by atoms with Crippen LogP contribution in [0.2, 0.25) is 0 Å². The Balaban J connectivity index is 1.73. The van der Waals surface area contributed by atoms with E-state index in [1.807, 2.05) is 48.8 Å². The number of nitrogens with one attached hydrogen (secondary N) is 2. The smallest absolute Gasteiger partial charge is 0.249 e. The molecule has 0 bridgehead atoms. The van der Waals surface area contributed by atoms with Crippen LogP contribution in [0.3, 0.4) is 0 Å². The molecule has 2 aromatic rings. The Morgan fingerprint density at radius 2 is 2.05 bits per heavy atom. The number of H-pyrrole nitrogens is 1. The lowest BCUT2D eigenvalue weighted by molar-refractivity contribution is -0.132. The van der Waals surface area contributed by atoms with E-state index in [0.29, 0.717) is 13.2 Å². The van der Waals surface area contributed by atoms with Crippen LogP contribution in [0.25, 0.3) is 0 Å². The van der Waals surface area contributed by atoms with Crippen molar-refractivity contribution in [1.29, 1.82) is 0 Å². The molecule has 0 aliphatic rings. The summed E-state index contributed by atoms with van der Waals surface area (Å²) >= 11 is 0. The number of aromatic amines is 1. The zero-order valence-corrected chi connectivity index (χ0v) is 10.9. The lowest BCUT2D eigenvalue weighted by Gasteiger charge is -2.13. The Morgan fingerprint density at radius 3 is 2.74 bits per heavy atom. The van der Waals surface area contributed by atoms with Crippen LogP contribution in [0.4, 0.5) is 0 Å². The highest BCUT2D eigenvalue weighted by molar-refractivity contribution is 5.80. The van der Waals surface area contributed by atoms with Crippen molar-refractivity contribution in [2.75, 3.05) is 0 Å². The number of benzene rings is 1. The number of carbonyl (C=O) groups is 1. The predicted molar refractivity (Wildman–Crippen MR) is 73.3 cm³/mol. The molecular weight excluding hydrogens is 240 g/mol. The Kier molecular flexibility index (Phi) is 4.75. The molecular formula is C15H18N2O2. The Bertz CT molecular complexity index is 494. The molecule has 1 unspecified atom stereocenters. The first-order valence-electron chi connectivity index (χ1n) is 6.30. The largest absolute Gasteiger partial charge is 0.367 e. The molecule has 0 aliphatic heterocycles. The molecule has 0 spiro atoms. The molecule has 100 valence electrons. The molecule has 0 fully saturated rings. The molecule has 4 heteroatoms. The quantitative estimate of drug-likeness (QED) is 0.835. The van der Waals surface area contributed by atoms with E-state index in [1.165, 1.54) is 0 Å². The first-order valence-corrected chi connectivity index (χ1v) is 6.30. The van der Waals surface area contributed by atoms with Crippen LogP contribution in [-0.2, 0) is 22.7 Å². The van der Waals surface area contributed by atoms with Crippen LogP contribution < -0.4 is 5.32 Å². The predicted octanol–water partition coefficient (Wildman–Crippen LogP) is 2.24. The summed E-state index contributed by atoms with van der Waals surface area (Å²) in [5, 5.41) is 2.84. The molecule has 1 aromatic carbocycles. The van der Waals surface area contributed by atoms with Crippen molar-refractivity contribution in [3.8, 4) is 0 Å². The lowest BCUT2D eigenvalue weighted by atomic mass is 10.2. The molecule has 0 aliphatic carbocycles. The highest BCUT2D eigenvalue weighted by atomic mass is 16.5. The van der Waals surface area contributed by atoms with Gasteiger partial charge in [0.2, 0.25) is 5.91 Å². The highest BCUT2D eigenvalue weighted by Gasteiger charge is 2.12. The molecule has 2 N–H and O–H groups in total. The topological polar surface area (TPSA) is 54.1 Å². The Labute approximate surface area is 112 Å². The third-order valence-electron chi connectivity index (χ3n) is 2.84. The van der Waals surface area contributed by atoms with Gasteiger partial charge in [-0.1, -0.05) is 30.3 Å². The molecule has 0 saturated heterocycles.